The summed E-state index contributed by atoms with van der Waals surface area (Å²) >= 11 is 6.15. The highest BCUT2D eigenvalue weighted by Crippen LogP contribution is 2.30. The normalized spacial score (nSPS) is 13.5. The second-order valence-corrected chi connectivity index (χ2v) is 6.41. The second kappa shape index (κ2) is 7.11. The number of carbonyl (C=O) groups excluding carboxylic acids is 1. The molecule has 6 nitrogen and oxygen atoms in total. The molecule has 0 aliphatic carbocycles. The van der Waals surface area contributed by atoms with Crippen LogP contribution in [0.1, 0.15) is 21.5 Å². The number of anilines is 1. The van der Waals surface area contributed by atoms with Crippen molar-refractivity contribution in [2.45, 2.75) is 13.3 Å². The third-order valence-corrected chi connectivity index (χ3v) is 4.65. The van der Waals surface area contributed by atoms with Gasteiger partial charge in [0.2, 0.25) is 0 Å². The Bertz CT molecular complexity index is 815. The number of amides is 1. The molecule has 1 aliphatic rings. The van der Waals surface area contributed by atoms with Crippen molar-refractivity contribution in [2.24, 2.45) is 0 Å². The van der Waals surface area contributed by atoms with Gasteiger partial charge in [0, 0.05) is 37.3 Å². The fraction of sp³-hybridized carbons (Fsp3) is 0.278. The molecule has 1 heterocycles. The van der Waals surface area contributed by atoms with Crippen LogP contribution in [0.3, 0.4) is 0 Å². The lowest BCUT2D eigenvalue weighted by atomic mass is 9.99. The Balaban J connectivity index is 1.64. The van der Waals surface area contributed by atoms with E-state index in [0.717, 1.165) is 17.5 Å². The van der Waals surface area contributed by atoms with Gasteiger partial charge >= 0.3 is 0 Å². The van der Waals surface area contributed by atoms with Gasteiger partial charge in [0.1, 0.15) is 0 Å². The van der Waals surface area contributed by atoms with Gasteiger partial charge in [0.25, 0.3) is 11.6 Å². The minimum absolute atomic E-state index is 0.0316. The number of hydrogen-bond donors (Lipinski definition) is 1. The first-order valence-corrected chi connectivity index (χ1v) is 8.41. The van der Waals surface area contributed by atoms with Crippen LogP contribution in [0, 0.1) is 17.0 Å². The topological polar surface area (TPSA) is 75.5 Å². The molecule has 2 aromatic carbocycles. The Hall–Kier alpha value is -2.60. The molecule has 25 heavy (non-hydrogen) atoms. The summed E-state index contributed by atoms with van der Waals surface area (Å²) in [5, 5.41) is 14.4. The SMILES string of the molecule is Cc1cc([N+](=O)[O-])cc(Cl)c1NCCN1CCc2ccccc2C1=O. The standard InChI is InChI=1S/C18H18ClN3O3/c1-12-10-14(22(24)25)11-16(19)17(12)20-7-9-21-8-6-13-4-2-3-5-15(13)18(21)23/h2-5,10-11,20H,6-9H2,1H3. The summed E-state index contributed by atoms with van der Waals surface area (Å²) in [6.45, 7) is 3.51. The molecule has 130 valence electrons. The molecular weight excluding hydrogens is 342 g/mol. The number of nitrogens with one attached hydrogen (secondary N) is 1. The fourth-order valence-corrected chi connectivity index (χ4v) is 3.39. The average molecular weight is 360 g/mol. The van der Waals surface area contributed by atoms with Gasteiger partial charge in [-0.3, -0.25) is 14.9 Å². The molecule has 0 aromatic heterocycles. The number of aryl methyl sites for hydroxylation is 1. The molecule has 3 rings (SSSR count). The minimum Gasteiger partial charge on any atom is -0.382 e. The molecule has 1 amide bonds. The van der Waals surface area contributed by atoms with Crippen LogP contribution in [-0.2, 0) is 6.42 Å². The highest BCUT2D eigenvalue weighted by Gasteiger charge is 2.23. The number of fused-ring (bicyclic) bond motifs is 1. The lowest BCUT2D eigenvalue weighted by molar-refractivity contribution is -0.384. The van der Waals surface area contributed by atoms with Crippen molar-refractivity contribution in [1.82, 2.24) is 4.90 Å². The van der Waals surface area contributed by atoms with Crippen molar-refractivity contribution < 1.29 is 9.72 Å². The van der Waals surface area contributed by atoms with Crippen molar-refractivity contribution in [3.05, 3.63) is 68.2 Å². The van der Waals surface area contributed by atoms with Crippen LogP contribution in [-0.4, -0.2) is 35.4 Å². The molecule has 1 aliphatic heterocycles. The van der Waals surface area contributed by atoms with E-state index in [1.54, 1.807) is 6.92 Å². The predicted molar refractivity (Wildman–Crippen MR) is 97.4 cm³/mol. The average Bonchev–Trinajstić information content (AvgIpc) is 2.59. The molecule has 0 fully saturated rings. The van der Waals surface area contributed by atoms with Gasteiger partial charge in [0.15, 0.2) is 0 Å². The largest absolute Gasteiger partial charge is 0.382 e. The number of nitro benzene ring substituents is 1. The number of carbonyl (C=O) groups is 1. The number of rotatable bonds is 5. The third-order valence-electron chi connectivity index (χ3n) is 4.35. The Labute approximate surface area is 150 Å². The van der Waals surface area contributed by atoms with Crippen molar-refractivity contribution in [1.29, 1.82) is 0 Å². The predicted octanol–water partition coefficient (Wildman–Crippen LogP) is 3.67. The van der Waals surface area contributed by atoms with E-state index < -0.39 is 4.92 Å². The first-order chi connectivity index (χ1) is 12.0. The summed E-state index contributed by atoms with van der Waals surface area (Å²) in [4.78, 5) is 24.7. The lowest BCUT2D eigenvalue weighted by Crippen LogP contribution is -2.40. The minimum atomic E-state index is -0.466. The van der Waals surface area contributed by atoms with Gasteiger partial charge in [-0.1, -0.05) is 29.8 Å². The Morgan fingerprint density at radius 2 is 2.08 bits per heavy atom. The van der Waals surface area contributed by atoms with Crippen LogP contribution in [0.4, 0.5) is 11.4 Å². The summed E-state index contributed by atoms with van der Waals surface area (Å²) < 4.78 is 0. The maximum absolute atomic E-state index is 12.5. The van der Waals surface area contributed by atoms with E-state index in [-0.39, 0.29) is 11.6 Å². The smallest absolute Gasteiger partial charge is 0.271 e. The van der Waals surface area contributed by atoms with E-state index in [0.29, 0.717) is 35.9 Å². The molecule has 0 radical (unpaired) electrons. The molecule has 0 saturated heterocycles. The molecular formula is C18H18ClN3O3. The molecule has 0 unspecified atom stereocenters. The maximum atomic E-state index is 12.5. The van der Waals surface area contributed by atoms with Crippen LogP contribution < -0.4 is 5.32 Å². The fourth-order valence-electron chi connectivity index (χ4n) is 3.06. The van der Waals surface area contributed by atoms with Crippen LogP contribution >= 0.6 is 11.6 Å². The Morgan fingerprint density at radius 1 is 1.32 bits per heavy atom. The van der Waals surface area contributed by atoms with Gasteiger partial charge in [-0.2, -0.15) is 0 Å². The zero-order valence-electron chi connectivity index (χ0n) is 13.8. The van der Waals surface area contributed by atoms with Crippen LogP contribution in [0.2, 0.25) is 5.02 Å². The summed E-state index contributed by atoms with van der Waals surface area (Å²) in [6.07, 6.45) is 0.846. The van der Waals surface area contributed by atoms with Gasteiger partial charge in [-0.25, -0.2) is 0 Å². The monoisotopic (exact) mass is 359 g/mol. The van der Waals surface area contributed by atoms with Crippen molar-refractivity contribution in [3.63, 3.8) is 0 Å². The number of halogens is 1. The summed E-state index contributed by atoms with van der Waals surface area (Å²) in [6, 6.07) is 10.5. The van der Waals surface area contributed by atoms with E-state index >= 15 is 0 Å². The Kier molecular flexibility index (Phi) is 4.90. The first kappa shape index (κ1) is 17.2. The van der Waals surface area contributed by atoms with Crippen LogP contribution in [0.5, 0.6) is 0 Å². The van der Waals surface area contributed by atoms with Gasteiger partial charge in [0.05, 0.1) is 15.6 Å². The lowest BCUT2D eigenvalue weighted by Gasteiger charge is -2.28. The molecule has 0 saturated carbocycles. The molecule has 0 spiro atoms. The van der Waals surface area contributed by atoms with E-state index in [1.165, 1.54) is 12.1 Å². The number of benzene rings is 2. The van der Waals surface area contributed by atoms with Crippen LogP contribution in [0.25, 0.3) is 0 Å². The maximum Gasteiger partial charge on any atom is 0.271 e. The molecule has 7 heteroatoms. The Morgan fingerprint density at radius 3 is 2.80 bits per heavy atom. The summed E-state index contributed by atoms with van der Waals surface area (Å²) in [5.41, 5.74) is 3.19. The van der Waals surface area contributed by atoms with E-state index in [2.05, 4.69) is 5.32 Å². The zero-order valence-corrected chi connectivity index (χ0v) is 14.5. The zero-order chi connectivity index (χ0) is 18.0. The van der Waals surface area contributed by atoms with Crippen molar-refractivity contribution in [2.75, 3.05) is 25.0 Å². The van der Waals surface area contributed by atoms with Crippen LogP contribution in [0.15, 0.2) is 36.4 Å². The van der Waals surface area contributed by atoms with Gasteiger partial charge in [-0.05, 0) is 30.5 Å². The molecule has 0 bridgehead atoms. The van der Waals surface area contributed by atoms with E-state index in [4.69, 9.17) is 11.6 Å². The summed E-state index contributed by atoms with van der Waals surface area (Å²) in [7, 11) is 0. The number of hydrogen-bond acceptors (Lipinski definition) is 4. The van der Waals surface area contributed by atoms with Crippen molar-refractivity contribution in [3.8, 4) is 0 Å². The second-order valence-electron chi connectivity index (χ2n) is 6.00. The molecule has 0 atom stereocenters. The highest BCUT2D eigenvalue weighted by atomic mass is 35.5. The van der Waals surface area contributed by atoms with E-state index in [1.807, 2.05) is 29.2 Å². The molecule has 1 N–H and O–H groups in total. The number of non-ortho nitro benzene ring substituents is 1. The number of nitrogens with zero attached hydrogens (tertiary/aromatic N) is 2. The third kappa shape index (κ3) is 3.58. The van der Waals surface area contributed by atoms with Gasteiger partial charge < -0.3 is 10.2 Å². The summed E-state index contributed by atoms with van der Waals surface area (Å²) in [5.74, 6) is 0.0372. The van der Waals surface area contributed by atoms with Gasteiger partial charge in [-0.15, -0.1) is 0 Å². The molecule has 2 aromatic rings. The number of nitro groups is 1. The van der Waals surface area contributed by atoms with E-state index in [9.17, 15) is 14.9 Å². The highest BCUT2D eigenvalue weighted by molar-refractivity contribution is 6.33. The first-order valence-electron chi connectivity index (χ1n) is 8.03. The quantitative estimate of drug-likeness (QED) is 0.652. The van der Waals surface area contributed by atoms with Crippen molar-refractivity contribution >= 4 is 28.9 Å².